The van der Waals surface area contributed by atoms with Gasteiger partial charge in [0.1, 0.15) is 0 Å². The zero-order valence-electron chi connectivity index (χ0n) is 11.3. The molecule has 1 aromatic rings. The van der Waals surface area contributed by atoms with Gasteiger partial charge in [-0.15, -0.1) is 0 Å². The molecule has 19 heavy (non-hydrogen) atoms. The molecule has 5 nitrogen and oxygen atoms in total. The molecule has 0 radical (unpaired) electrons. The van der Waals surface area contributed by atoms with Crippen LogP contribution in [0.15, 0.2) is 18.2 Å². The van der Waals surface area contributed by atoms with Crippen molar-refractivity contribution in [1.29, 1.82) is 0 Å². The molecule has 0 saturated heterocycles. The van der Waals surface area contributed by atoms with Crippen molar-refractivity contribution in [3.05, 3.63) is 23.8 Å². The van der Waals surface area contributed by atoms with Crippen LogP contribution in [0.5, 0.6) is 11.5 Å². The lowest BCUT2D eigenvalue weighted by atomic mass is 10.2. The van der Waals surface area contributed by atoms with Crippen LogP contribution in [0.3, 0.4) is 0 Å². The molecule has 0 fully saturated rings. The van der Waals surface area contributed by atoms with Crippen molar-refractivity contribution in [2.45, 2.75) is 20.3 Å². The van der Waals surface area contributed by atoms with E-state index in [4.69, 9.17) is 9.84 Å². The molecule has 0 aliphatic heterocycles. The van der Waals surface area contributed by atoms with Crippen LogP contribution in [0.2, 0.25) is 0 Å². The number of benzene rings is 1. The van der Waals surface area contributed by atoms with Crippen LogP contribution >= 0.6 is 0 Å². The molecule has 1 amide bonds. The largest absolute Gasteiger partial charge is 0.504 e. The summed E-state index contributed by atoms with van der Waals surface area (Å²) in [6, 6.07) is 3.98. The summed E-state index contributed by atoms with van der Waals surface area (Å²) in [5, 5.41) is 21.2. The first-order valence-electron chi connectivity index (χ1n) is 6.38. The Balaban J connectivity index is 2.26. The summed E-state index contributed by atoms with van der Waals surface area (Å²) in [7, 11) is 0. The molecular weight excluding hydrogens is 246 g/mol. The van der Waals surface area contributed by atoms with Crippen LogP contribution < -0.4 is 5.32 Å². The van der Waals surface area contributed by atoms with E-state index in [-0.39, 0.29) is 17.4 Å². The minimum Gasteiger partial charge on any atom is -0.504 e. The first kappa shape index (κ1) is 15.3. The fourth-order valence-corrected chi connectivity index (χ4v) is 1.46. The summed E-state index contributed by atoms with van der Waals surface area (Å²) in [5.74, 6) is -0.305. The second-order valence-electron chi connectivity index (χ2n) is 4.78. The van der Waals surface area contributed by atoms with E-state index >= 15 is 0 Å². The maximum Gasteiger partial charge on any atom is 0.251 e. The summed E-state index contributed by atoms with van der Waals surface area (Å²) in [6.07, 6.45) is 0.739. The van der Waals surface area contributed by atoms with Gasteiger partial charge in [-0.25, -0.2) is 0 Å². The zero-order valence-corrected chi connectivity index (χ0v) is 11.3. The highest BCUT2D eigenvalue weighted by Gasteiger charge is 2.07. The van der Waals surface area contributed by atoms with Crippen LogP contribution in [-0.4, -0.2) is 35.9 Å². The number of hydrogen-bond acceptors (Lipinski definition) is 4. The summed E-state index contributed by atoms with van der Waals surface area (Å²) >= 11 is 0. The molecular formula is C14H21NO4. The molecule has 0 spiro atoms. The van der Waals surface area contributed by atoms with Gasteiger partial charge in [0.2, 0.25) is 0 Å². The Labute approximate surface area is 113 Å². The van der Waals surface area contributed by atoms with Crippen molar-refractivity contribution in [2.75, 3.05) is 19.8 Å². The maximum absolute atomic E-state index is 11.7. The Bertz CT molecular complexity index is 418. The number of phenols is 2. The minimum absolute atomic E-state index is 0.237. The van der Waals surface area contributed by atoms with Crippen molar-refractivity contribution >= 4 is 5.91 Å². The van der Waals surface area contributed by atoms with Gasteiger partial charge in [0.25, 0.3) is 5.91 Å². The van der Waals surface area contributed by atoms with Crippen LogP contribution in [-0.2, 0) is 4.74 Å². The van der Waals surface area contributed by atoms with Crippen LogP contribution in [0, 0.1) is 5.92 Å². The molecule has 0 bridgehead atoms. The van der Waals surface area contributed by atoms with E-state index in [0.29, 0.717) is 24.6 Å². The predicted molar refractivity (Wildman–Crippen MR) is 72.4 cm³/mol. The van der Waals surface area contributed by atoms with Crippen LogP contribution in [0.1, 0.15) is 30.6 Å². The highest BCUT2D eigenvalue weighted by Crippen LogP contribution is 2.24. The number of carbonyl (C=O) groups is 1. The number of amides is 1. The number of aromatic hydroxyl groups is 2. The summed E-state index contributed by atoms with van der Waals surface area (Å²) in [4.78, 5) is 11.7. The van der Waals surface area contributed by atoms with Crippen molar-refractivity contribution in [1.82, 2.24) is 5.32 Å². The molecule has 106 valence electrons. The first-order valence-corrected chi connectivity index (χ1v) is 6.38. The van der Waals surface area contributed by atoms with Gasteiger partial charge in [-0.1, -0.05) is 13.8 Å². The van der Waals surface area contributed by atoms with E-state index in [1.54, 1.807) is 0 Å². The Morgan fingerprint density at radius 1 is 1.32 bits per heavy atom. The van der Waals surface area contributed by atoms with Gasteiger partial charge in [-0.2, -0.15) is 0 Å². The van der Waals surface area contributed by atoms with Gasteiger partial charge in [0.05, 0.1) is 0 Å². The SMILES string of the molecule is CC(C)COCCCNC(=O)c1ccc(O)c(O)c1. The number of ether oxygens (including phenoxy) is 1. The van der Waals surface area contributed by atoms with Crippen molar-refractivity contribution in [3.63, 3.8) is 0 Å². The highest BCUT2D eigenvalue weighted by molar-refractivity contribution is 5.94. The molecule has 3 N–H and O–H groups in total. The number of nitrogens with one attached hydrogen (secondary N) is 1. The van der Waals surface area contributed by atoms with Gasteiger partial charge < -0.3 is 20.3 Å². The summed E-state index contributed by atoms with van der Waals surface area (Å²) in [5.41, 5.74) is 0.318. The minimum atomic E-state index is -0.298. The van der Waals surface area contributed by atoms with Crippen LogP contribution in [0.25, 0.3) is 0 Å². The van der Waals surface area contributed by atoms with Gasteiger partial charge in [0.15, 0.2) is 11.5 Å². The van der Waals surface area contributed by atoms with E-state index in [1.807, 2.05) is 0 Å². The standard InChI is InChI=1S/C14H21NO4/c1-10(2)9-19-7-3-6-15-14(18)11-4-5-12(16)13(17)8-11/h4-5,8,10,16-17H,3,6-7,9H2,1-2H3,(H,15,18). The molecule has 1 aromatic carbocycles. The van der Waals surface area contributed by atoms with E-state index in [0.717, 1.165) is 13.0 Å². The smallest absolute Gasteiger partial charge is 0.251 e. The van der Waals surface area contributed by atoms with E-state index in [2.05, 4.69) is 19.2 Å². The monoisotopic (exact) mass is 267 g/mol. The fraction of sp³-hybridized carbons (Fsp3) is 0.500. The quantitative estimate of drug-likeness (QED) is 0.520. The van der Waals surface area contributed by atoms with Gasteiger partial charge in [-0.05, 0) is 30.5 Å². The molecule has 0 aliphatic rings. The summed E-state index contributed by atoms with van der Waals surface area (Å²) in [6.45, 7) is 6.01. The Morgan fingerprint density at radius 2 is 2.05 bits per heavy atom. The second-order valence-corrected chi connectivity index (χ2v) is 4.78. The van der Waals surface area contributed by atoms with E-state index in [9.17, 15) is 9.90 Å². The highest BCUT2D eigenvalue weighted by atomic mass is 16.5. The first-order chi connectivity index (χ1) is 9.00. The van der Waals surface area contributed by atoms with E-state index in [1.165, 1.54) is 18.2 Å². The topological polar surface area (TPSA) is 78.8 Å². The fourth-order valence-electron chi connectivity index (χ4n) is 1.46. The van der Waals surface area contributed by atoms with Crippen molar-refractivity contribution < 1.29 is 19.7 Å². The lowest BCUT2D eigenvalue weighted by molar-refractivity contribution is 0.0924. The average Bonchev–Trinajstić information content (AvgIpc) is 2.36. The lowest BCUT2D eigenvalue weighted by Crippen LogP contribution is -2.25. The third kappa shape index (κ3) is 5.61. The Morgan fingerprint density at radius 3 is 2.68 bits per heavy atom. The van der Waals surface area contributed by atoms with Crippen LogP contribution in [0.4, 0.5) is 0 Å². The molecule has 0 atom stereocenters. The van der Waals surface area contributed by atoms with Crippen molar-refractivity contribution in [3.8, 4) is 11.5 Å². The van der Waals surface area contributed by atoms with Crippen molar-refractivity contribution in [2.24, 2.45) is 5.92 Å². The molecule has 0 aromatic heterocycles. The van der Waals surface area contributed by atoms with Gasteiger partial charge >= 0.3 is 0 Å². The number of carbonyl (C=O) groups excluding carboxylic acids is 1. The third-order valence-corrected chi connectivity index (χ3v) is 2.44. The molecule has 0 saturated carbocycles. The zero-order chi connectivity index (χ0) is 14.3. The lowest BCUT2D eigenvalue weighted by Gasteiger charge is -2.08. The number of phenolic OH excluding ortho intramolecular Hbond substituents is 2. The number of hydrogen-bond donors (Lipinski definition) is 3. The van der Waals surface area contributed by atoms with E-state index < -0.39 is 0 Å². The van der Waals surface area contributed by atoms with Gasteiger partial charge in [0, 0.05) is 25.3 Å². The molecule has 1 rings (SSSR count). The average molecular weight is 267 g/mol. The molecule has 0 heterocycles. The molecule has 0 unspecified atom stereocenters. The summed E-state index contributed by atoms with van der Waals surface area (Å²) < 4.78 is 5.39. The Kier molecular flexibility index (Phi) is 6.15. The third-order valence-electron chi connectivity index (χ3n) is 2.44. The molecule has 5 heteroatoms. The second kappa shape index (κ2) is 7.63. The van der Waals surface area contributed by atoms with Gasteiger partial charge in [-0.3, -0.25) is 4.79 Å². The molecule has 0 aliphatic carbocycles. The normalized spacial score (nSPS) is 10.7. The predicted octanol–water partition coefficient (Wildman–Crippen LogP) is 1.89. The number of rotatable bonds is 7. The maximum atomic E-state index is 11.7. The Hall–Kier alpha value is -1.75.